The van der Waals surface area contributed by atoms with Crippen molar-refractivity contribution in [1.82, 2.24) is 4.57 Å². The molecule has 182 valence electrons. The number of rotatable bonds is 24. The van der Waals surface area contributed by atoms with Crippen LogP contribution in [0.5, 0.6) is 0 Å². The minimum absolute atomic E-state index is 1.19. The summed E-state index contributed by atoms with van der Waals surface area (Å²) in [6.45, 7) is 6.97. The second kappa shape index (κ2) is 22.4. The van der Waals surface area contributed by atoms with Gasteiger partial charge in [0.25, 0.3) is 0 Å². The van der Waals surface area contributed by atoms with Gasteiger partial charge in [0.15, 0.2) is 0 Å². The van der Waals surface area contributed by atoms with Crippen molar-refractivity contribution in [2.75, 3.05) is 0 Å². The Morgan fingerprint density at radius 3 is 1.32 bits per heavy atom. The van der Waals surface area contributed by atoms with Crippen molar-refractivity contribution in [3.05, 3.63) is 18.7 Å². The predicted molar refractivity (Wildman–Crippen MR) is 138 cm³/mol. The number of nitrogens with zero attached hydrogens (tertiary/aromatic N) is 2. The standard InChI is InChI=1S/C29H57N2/c1-3-5-7-9-10-11-12-13-14-15-16-17-18-19-20-22-24-26-31-28-27-30(29-31)25-23-21-8-6-4-2/h27-29H,3-26H2,1-2H3/q+1. The molecule has 1 aromatic heterocycles. The van der Waals surface area contributed by atoms with Gasteiger partial charge in [-0.25, -0.2) is 9.13 Å². The molecule has 31 heavy (non-hydrogen) atoms. The summed E-state index contributed by atoms with van der Waals surface area (Å²) in [4.78, 5) is 0. The van der Waals surface area contributed by atoms with Gasteiger partial charge in [-0.3, -0.25) is 0 Å². The molecule has 0 aliphatic carbocycles. The molecule has 0 atom stereocenters. The summed E-state index contributed by atoms with van der Waals surface area (Å²) in [6, 6.07) is 0. The average Bonchev–Trinajstić information content (AvgIpc) is 3.23. The Labute approximate surface area is 196 Å². The lowest BCUT2D eigenvalue weighted by Gasteiger charge is -2.03. The van der Waals surface area contributed by atoms with E-state index < -0.39 is 0 Å². The Hall–Kier alpha value is -0.790. The number of aromatic nitrogens is 2. The summed E-state index contributed by atoms with van der Waals surface area (Å²) in [7, 11) is 0. The van der Waals surface area contributed by atoms with Gasteiger partial charge in [0, 0.05) is 0 Å². The van der Waals surface area contributed by atoms with Crippen molar-refractivity contribution in [3.8, 4) is 0 Å². The fraction of sp³-hybridized carbons (Fsp3) is 0.897. The van der Waals surface area contributed by atoms with Crippen molar-refractivity contribution in [3.63, 3.8) is 0 Å². The normalized spacial score (nSPS) is 11.4. The SMILES string of the molecule is CCCCCCCCCCCCCCCCCCC[n+]1ccn(CCCCCCC)c1. The highest BCUT2D eigenvalue weighted by molar-refractivity contribution is 4.66. The molecule has 0 saturated carbocycles. The summed E-state index contributed by atoms with van der Waals surface area (Å²) in [5, 5.41) is 0. The van der Waals surface area contributed by atoms with Crippen LogP contribution in [0.1, 0.15) is 155 Å². The Morgan fingerprint density at radius 1 is 0.484 bits per heavy atom. The van der Waals surface area contributed by atoms with Crippen LogP contribution in [0.2, 0.25) is 0 Å². The highest BCUT2D eigenvalue weighted by atomic mass is 15.1. The molecule has 2 nitrogen and oxygen atoms in total. The van der Waals surface area contributed by atoms with Crippen LogP contribution in [0.4, 0.5) is 0 Å². The molecule has 0 saturated heterocycles. The highest BCUT2D eigenvalue weighted by Gasteiger charge is 2.03. The van der Waals surface area contributed by atoms with Crippen LogP contribution in [0, 0.1) is 0 Å². The number of aryl methyl sites for hydroxylation is 2. The molecule has 0 amide bonds. The Balaban J connectivity index is 1.79. The summed E-state index contributed by atoms with van der Waals surface area (Å²) < 4.78 is 4.76. The van der Waals surface area contributed by atoms with E-state index in [1.807, 2.05) is 0 Å². The van der Waals surface area contributed by atoms with Crippen molar-refractivity contribution in [2.45, 2.75) is 168 Å². The monoisotopic (exact) mass is 433 g/mol. The summed E-state index contributed by atoms with van der Waals surface area (Å²) in [5.74, 6) is 0. The van der Waals surface area contributed by atoms with Crippen LogP contribution in [0.3, 0.4) is 0 Å². The lowest BCUT2D eigenvalue weighted by molar-refractivity contribution is -0.696. The maximum absolute atomic E-state index is 2.39. The first-order valence-corrected chi connectivity index (χ1v) is 14.4. The molecule has 0 aliphatic heterocycles. The first-order chi connectivity index (χ1) is 15.4. The third-order valence-corrected chi connectivity index (χ3v) is 6.79. The molecule has 0 unspecified atom stereocenters. The van der Waals surface area contributed by atoms with E-state index in [9.17, 15) is 0 Å². The van der Waals surface area contributed by atoms with E-state index >= 15 is 0 Å². The molecule has 0 spiro atoms. The van der Waals surface area contributed by atoms with E-state index in [-0.39, 0.29) is 0 Å². The summed E-state index contributed by atoms with van der Waals surface area (Å²) in [6.07, 6.45) is 38.3. The van der Waals surface area contributed by atoms with Crippen LogP contribution < -0.4 is 4.57 Å². The molecule has 2 heteroatoms. The maximum atomic E-state index is 2.39. The third kappa shape index (κ3) is 18.5. The van der Waals surface area contributed by atoms with E-state index in [2.05, 4.69) is 41.7 Å². The molecule has 1 rings (SSSR count). The highest BCUT2D eigenvalue weighted by Crippen LogP contribution is 2.14. The zero-order valence-corrected chi connectivity index (χ0v) is 21.6. The average molecular weight is 434 g/mol. The van der Waals surface area contributed by atoms with Gasteiger partial charge in [-0.1, -0.05) is 129 Å². The van der Waals surface area contributed by atoms with Gasteiger partial charge < -0.3 is 0 Å². The van der Waals surface area contributed by atoms with Gasteiger partial charge in [-0.2, -0.15) is 0 Å². The van der Waals surface area contributed by atoms with Crippen LogP contribution in [-0.4, -0.2) is 4.57 Å². The number of unbranched alkanes of at least 4 members (excludes halogenated alkanes) is 20. The molecule has 0 N–H and O–H groups in total. The Morgan fingerprint density at radius 2 is 0.871 bits per heavy atom. The fourth-order valence-corrected chi connectivity index (χ4v) is 4.62. The Bertz CT molecular complexity index is 465. The quantitative estimate of drug-likeness (QED) is 0.113. The first-order valence-electron chi connectivity index (χ1n) is 14.4. The van der Waals surface area contributed by atoms with Crippen LogP contribution in [0.15, 0.2) is 18.7 Å². The minimum Gasteiger partial charge on any atom is -0.237 e. The molecule has 1 heterocycles. The molecule has 0 radical (unpaired) electrons. The molecule has 0 aliphatic rings. The van der Waals surface area contributed by atoms with E-state index in [1.165, 1.54) is 154 Å². The van der Waals surface area contributed by atoms with Crippen molar-refractivity contribution >= 4 is 0 Å². The molecular weight excluding hydrogens is 376 g/mol. The summed E-state index contributed by atoms with van der Waals surface area (Å²) in [5.41, 5.74) is 0. The topological polar surface area (TPSA) is 8.81 Å². The Kier molecular flexibility index (Phi) is 20.4. The van der Waals surface area contributed by atoms with Crippen molar-refractivity contribution < 1.29 is 4.57 Å². The van der Waals surface area contributed by atoms with Gasteiger partial charge in [0.2, 0.25) is 6.33 Å². The number of hydrogen-bond donors (Lipinski definition) is 0. The second-order valence-corrected chi connectivity index (χ2v) is 9.96. The molecule has 0 bridgehead atoms. The molecule has 1 aromatic rings. The van der Waals surface area contributed by atoms with E-state index in [0.29, 0.717) is 0 Å². The number of imidazole rings is 1. The van der Waals surface area contributed by atoms with Gasteiger partial charge >= 0.3 is 0 Å². The predicted octanol–water partition coefficient (Wildman–Crippen LogP) is 9.40. The number of hydrogen-bond acceptors (Lipinski definition) is 0. The van der Waals surface area contributed by atoms with Crippen LogP contribution in [0.25, 0.3) is 0 Å². The maximum Gasteiger partial charge on any atom is 0.243 e. The zero-order chi connectivity index (χ0) is 22.2. The smallest absolute Gasteiger partial charge is 0.237 e. The van der Waals surface area contributed by atoms with Gasteiger partial charge in [-0.15, -0.1) is 0 Å². The largest absolute Gasteiger partial charge is 0.243 e. The van der Waals surface area contributed by atoms with Crippen LogP contribution >= 0.6 is 0 Å². The first kappa shape index (κ1) is 28.2. The van der Waals surface area contributed by atoms with E-state index in [4.69, 9.17) is 0 Å². The molecular formula is C29H57N2+. The van der Waals surface area contributed by atoms with Crippen LogP contribution in [-0.2, 0) is 13.1 Å². The lowest BCUT2D eigenvalue weighted by atomic mass is 10.0. The van der Waals surface area contributed by atoms with Crippen molar-refractivity contribution in [1.29, 1.82) is 0 Å². The minimum atomic E-state index is 1.19. The van der Waals surface area contributed by atoms with Crippen molar-refractivity contribution in [2.24, 2.45) is 0 Å². The fourth-order valence-electron chi connectivity index (χ4n) is 4.62. The van der Waals surface area contributed by atoms with E-state index in [0.717, 1.165) is 0 Å². The van der Waals surface area contributed by atoms with Gasteiger partial charge in [0.1, 0.15) is 12.4 Å². The summed E-state index contributed by atoms with van der Waals surface area (Å²) >= 11 is 0. The molecule has 0 aromatic carbocycles. The van der Waals surface area contributed by atoms with Gasteiger partial charge in [0.05, 0.1) is 13.1 Å². The lowest BCUT2D eigenvalue weighted by Crippen LogP contribution is -2.30. The third-order valence-electron chi connectivity index (χ3n) is 6.79. The molecule has 0 fully saturated rings. The second-order valence-electron chi connectivity index (χ2n) is 9.96. The van der Waals surface area contributed by atoms with E-state index in [1.54, 1.807) is 0 Å². The van der Waals surface area contributed by atoms with Gasteiger partial charge in [-0.05, 0) is 25.7 Å². The zero-order valence-electron chi connectivity index (χ0n) is 21.6.